The smallest absolute Gasteiger partial charge is 0.372 e. The van der Waals surface area contributed by atoms with Crippen molar-refractivity contribution in [1.29, 1.82) is 0 Å². The largest absolute Gasteiger partial charge is 0.534 e. The molecule has 0 radical (unpaired) electrons. The van der Waals surface area contributed by atoms with Crippen molar-refractivity contribution in [3.05, 3.63) is 53.1 Å². The van der Waals surface area contributed by atoms with Crippen LogP contribution in [-0.2, 0) is 10.1 Å². The van der Waals surface area contributed by atoms with Crippen LogP contribution in [0.15, 0.2) is 24.3 Å². The first-order valence-corrected chi connectivity index (χ1v) is 14.7. The van der Waals surface area contributed by atoms with E-state index in [0.717, 1.165) is 24.8 Å². The van der Waals surface area contributed by atoms with Gasteiger partial charge in [0.25, 0.3) is 0 Å². The highest BCUT2D eigenvalue weighted by Crippen LogP contribution is 2.46. The molecule has 0 aromatic heterocycles. The van der Waals surface area contributed by atoms with Crippen LogP contribution in [0.25, 0.3) is 11.1 Å². The number of alkyl halides is 3. The van der Waals surface area contributed by atoms with Gasteiger partial charge < -0.3 is 4.18 Å². The molecule has 0 atom stereocenters. The number of rotatable bonds is 7. The van der Waals surface area contributed by atoms with E-state index in [0.29, 0.717) is 36.8 Å². The highest BCUT2D eigenvalue weighted by atomic mass is 32.2. The molecular formula is C28H31F7O3S. The molecule has 4 rings (SSSR count). The van der Waals surface area contributed by atoms with Crippen LogP contribution in [0.2, 0.25) is 0 Å². The zero-order valence-electron chi connectivity index (χ0n) is 21.5. The van der Waals surface area contributed by atoms with Crippen molar-refractivity contribution in [1.82, 2.24) is 0 Å². The van der Waals surface area contributed by atoms with E-state index in [2.05, 4.69) is 11.1 Å². The maximum Gasteiger partial charge on any atom is 0.534 e. The van der Waals surface area contributed by atoms with Gasteiger partial charge in [-0.15, -0.1) is 0 Å². The topological polar surface area (TPSA) is 43.4 Å². The van der Waals surface area contributed by atoms with Crippen LogP contribution in [0.4, 0.5) is 30.7 Å². The van der Waals surface area contributed by atoms with Gasteiger partial charge in [0, 0.05) is 11.1 Å². The first kappa shape index (κ1) is 29.7. The first-order chi connectivity index (χ1) is 18.3. The maximum absolute atomic E-state index is 15.3. The molecule has 0 bridgehead atoms. The van der Waals surface area contributed by atoms with Gasteiger partial charge in [-0.3, -0.25) is 0 Å². The second-order valence-corrected chi connectivity index (χ2v) is 12.3. The fourth-order valence-electron chi connectivity index (χ4n) is 6.33. The van der Waals surface area contributed by atoms with E-state index in [-0.39, 0.29) is 11.5 Å². The normalized spacial score (nSPS) is 24.5. The van der Waals surface area contributed by atoms with Gasteiger partial charge in [0.05, 0.1) is 0 Å². The second kappa shape index (κ2) is 11.7. The van der Waals surface area contributed by atoms with Crippen molar-refractivity contribution < 1.29 is 43.3 Å². The Morgan fingerprint density at radius 1 is 0.769 bits per heavy atom. The molecule has 0 saturated heterocycles. The summed E-state index contributed by atoms with van der Waals surface area (Å²) in [5.74, 6) is -6.57. The van der Waals surface area contributed by atoms with E-state index in [1.165, 1.54) is 44.6 Å². The monoisotopic (exact) mass is 580 g/mol. The summed E-state index contributed by atoms with van der Waals surface area (Å²) < 4.78 is 124. The summed E-state index contributed by atoms with van der Waals surface area (Å²) in [6.07, 6.45) is 10.4. The standard InChI is InChI=1S/C28H31F7O3S/c1-2-3-16-4-6-17(7-5-16)18-8-10-19(11-9-18)20-12-13-21(25(31)24(20)30)22-14-15-23(29)26(32)27(22)38-39(36,37)28(33,34)35/h12-19H,2-11H2,1H3. The molecule has 2 fully saturated rings. The predicted molar refractivity (Wildman–Crippen MR) is 132 cm³/mol. The number of hydrogen-bond acceptors (Lipinski definition) is 3. The van der Waals surface area contributed by atoms with Crippen LogP contribution in [0.1, 0.15) is 82.6 Å². The fourth-order valence-corrected chi connectivity index (χ4v) is 6.81. The average molecular weight is 581 g/mol. The van der Waals surface area contributed by atoms with Gasteiger partial charge in [-0.25, -0.2) is 13.2 Å². The first-order valence-electron chi connectivity index (χ1n) is 13.3. The minimum atomic E-state index is -6.41. The minimum absolute atomic E-state index is 0.0920. The summed E-state index contributed by atoms with van der Waals surface area (Å²) in [5.41, 5.74) is -7.48. The van der Waals surface area contributed by atoms with E-state index < -0.39 is 55.8 Å². The van der Waals surface area contributed by atoms with Crippen LogP contribution in [0.3, 0.4) is 0 Å². The summed E-state index contributed by atoms with van der Waals surface area (Å²) in [6.45, 7) is 2.20. The van der Waals surface area contributed by atoms with Crippen molar-refractivity contribution in [3.8, 4) is 16.9 Å². The molecule has 2 saturated carbocycles. The Morgan fingerprint density at radius 2 is 1.33 bits per heavy atom. The number of halogens is 7. The van der Waals surface area contributed by atoms with Gasteiger partial charge in [-0.1, -0.05) is 44.7 Å². The molecule has 2 aliphatic carbocycles. The van der Waals surface area contributed by atoms with E-state index in [9.17, 15) is 30.4 Å². The molecule has 0 spiro atoms. The molecular weight excluding hydrogens is 549 g/mol. The third-order valence-corrected chi connectivity index (χ3v) is 9.35. The second-order valence-electron chi connectivity index (χ2n) is 10.7. The molecule has 0 N–H and O–H groups in total. The summed E-state index contributed by atoms with van der Waals surface area (Å²) >= 11 is 0. The molecule has 2 aromatic carbocycles. The summed E-state index contributed by atoms with van der Waals surface area (Å²) in [5, 5.41) is 0. The third kappa shape index (κ3) is 6.23. The van der Waals surface area contributed by atoms with Gasteiger partial charge in [0.15, 0.2) is 23.2 Å². The predicted octanol–water partition coefficient (Wildman–Crippen LogP) is 9.02. The number of benzene rings is 2. The van der Waals surface area contributed by atoms with Gasteiger partial charge in [0.2, 0.25) is 5.82 Å². The van der Waals surface area contributed by atoms with Crippen molar-refractivity contribution >= 4 is 10.1 Å². The Hall–Kier alpha value is -2.30. The zero-order chi connectivity index (χ0) is 28.5. The van der Waals surface area contributed by atoms with Gasteiger partial charge in [0.1, 0.15) is 0 Å². The SMILES string of the molecule is CCCC1CCC(C2CCC(c3ccc(-c4ccc(F)c(F)c4OS(=O)(=O)C(F)(F)F)c(F)c3F)CC2)CC1. The lowest BCUT2D eigenvalue weighted by Crippen LogP contribution is -2.28. The van der Waals surface area contributed by atoms with Crippen molar-refractivity contribution in [2.75, 3.05) is 0 Å². The van der Waals surface area contributed by atoms with Gasteiger partial charge in [-0.2, -0.15) is 26.0 Å². The Labute approximate surface area is 223 Å². The molecule has 11 heteroatoms. The van der Waals surface area contributed by atoms with Crippen LogP contribution in [0.5, 0.6) is 5.75 Å². The fraction of sp³-hybridized carbons (Fsp3) is 0.571. The van der Waals surface area contributed by atoms with Crippen molar-refractivity contribution in [2.24, 2.45) is 17.8 Å². The lowest BCUT2D eigenvalue weighted by atomic mass is 9.68. The Kier molecular flexibility index (Phi) is 8.88. The maximum atomic E-state index is 15.3. The molecule has 3 nitrogen and oxygen atoms in total. The Balaban J connectivity index is 1.53. The average Bonchev–Trinajstić information content (AvgIpc) is 2.89. The molecule has 2 aromatic rings. The molecule has 216 valence electrons. The third-order valence-electron chi connectivity index (χ3n) is 8.40. The van der Waals surface area contributed by atoms with Crippen LogP contribution >= 0.6 is 0 Å². The molecule has 0 heterocycles. The number of hydrogen-bond donors (Lipinski definition) is 0. The Bertz CT molecular complexity index is 1280. The van der Waals surface area contributed by atoms with E-state index in [1.54, 1.807) is 0 Å². The van der Waals surface area contributed by atoms with E-state index >= 15 is 8.78 Å². The molecule has 0 unspecified atom stereocenters. The highest BCUT2D eigenvalue weighted by molar-refractivity contribution is 7.88. The summed E-state index contributed by atoms with van der Waals surface area (Å²) in [7, 11) is -6.41. The summed E-state index contributed by atoms with van der Waals surface area (Å²) in [4.78, 5) is 0. The van der Waals surface area contributed by atoms with Crippen LogP contribution in [0, 0.1) is 41.0 Å². The minimum Gasteiger partial charge on any atom is -0.372 e. The zero-order valence-corrected chi connectivity index (χ0v) is 22.3. The van der Waals surface area contributed by atoms with Gasteiger partial charge in [-0.05, 0) is 79.9 Å². The van der Waals surface area contributed by atoms with Crippen molar-refractivity contribution in [3.63, 3.8) is 0 Å². The van der Waals surface area contributed by atoms with Crippen molar-refractivity contribution in [2.45, 2.75) is 82.6 Å². The van der Waals surface area contributed by atoms with E-state index in [4.69, 9.17) is 0 Å². The summed E-state index contributed by atoms with van der Waals surface area (Å²) in [6, 6.07) is 3.38. The highest BCUT2D eigenvalue weighted by Gasteiger charge is 2.49. The molecule has 0 amide bonds. The quantitative estimate of drug-likeness (QED) is 0.187. The molecule has 0 aliphatic heterocycles. The molecule has 2 aliphatic rings. The lowest BCUT2D eigenvalue weighted by molar-refractivity contribution is -0.0500. The molecule has 39 heavy (non-hydrogen) atoms. The van der Waals surface area contributed by atoms with Gasteiger partial charge >= 0.3 is 15.6 Å². The van der Waals surface area contributed by atoms with Crippen LogP contribution < -0.4 is 4.18 Å². The lowest BCUT2D eigenvalue weighted by Gasteiger charge is -2.38. The van der Waals surface area contributed by atoms with E-state index in [1.807, 2.05) is 0 Å². The Morgan fingerprint density at radius 3 is 1.90 bits per heavy atom. The van der Waals surface area contributed by atoms with Crippen LogP contribution in [-0.4, -0.2) is 13.9 Å².